The van der Waals surface area contributed by atoms with Crippen LogP contribution in [0.15, 0.2) is 110 Å². The maximum absolute atomic E-state index is 13.7. The fourth-order valence-corrected chi connectivity index (χ4v) is 5.79. The van der Waals surface area contributed by atoms with E-state index in [-0.39, 0.29) is 32.0 Å². The van der Waals surface area contributed by atoms with Crippen LogP contribution in [0.1, 0.15) is 41.5 Å². The number of carbonyl (C=O) groups is 4. The SMILES string of the molecule is C=CC[C@H](CC(=O)N1Cc2ccccc2C[C@H]1CO)C(=O)N[C@H](COC(=O)[C@H](CC=C)Cc1ccccc1)C(=O)OCc1ccccc1. The van der Waals surface area contributed by atoms with Gasteiger partial charge in [-0.2, -0.15) is 0 Å². The number of rotatable bonds is 17. The fourth-order valence-electron chi connectivity index (χ4n) is 5.79. The Morgan fingerprint density at radius 1 is 0.812 bits per heavy atom. The zero-order valence-corrected chi connectivity index (χ0v) is 27.2. The number of benzene rings is 3. The van der Waals surface area contributed by atoms with Gasteiger partial charge in [0, 0.05) is 13.0 Å². The molecule has 0 fully saturated rings. The van der Waals surface area contributed by atoms with Gasteiger partial charge < -0.3 is 24.8 Å². The Labute approximate surface area is 282 Å². The van der Waals surface area contributed by atoms with E-state index < -0.39 is 48.4 Å². The molecular weight excluding hydrogens is 608 g/mol. The van der Waals surface area contributed by atoms with Crippen molar-refractivity contribution in [2.45, 2.75) is 57.3 Å². The fraction of sp³-hybridized carbons (Fsp3) is 0.333. The van der Waals surface area contributed by atoms with Gasteiger partial charge in [0.1, 0.15) is 13.2 Å². The third-order valence-corrected chi connectivity index (χ3v) is 8.46. The molecule has 2 amide bonds. The molecule has 9 heteroatoms. The number of nitrogens with zero attached hydrogens (tertiary/aromatic N) is 1. The zero-order chi connectivity index (χ0) is 34.3. The number of allylic oxidation sites excluding steroid dienone is 2. The summed E-state index contributed by atoms with van der Waals surface area (Å²) in [6.07, 6.45) is 4.47. The van der Waals surface area contributed by atoms with Crippen LogP contribution in [0.25, 0.3) is 0 Å². The highest BCUT2D eigenvalue weighted by Crippen LogP contribution is 2.25. The minimum Gasteiger partial charge on any atom is -0.463 e. The van der Waals surface area contributed by atoms with Crippen molar-refractivity contribution in [1.29, 1.82) is 0 Å². The highest BCUT2D eigenvalue weighted by molar-refractivity contribution is 5.89. The Balaban J connectivity index is 1.46. The molecule has 0 radical (unpaired) electrons. The first-order valence-electron chi connectivity index (χ1n) is 16.2. The number of carbonyl (C=O) groups excluding carboxylic acids is 4. The van der Waals surface area contributed by atoms with Gasteiger partial charge in [-0.25, -0.2) is 4.79 Å². The normalized spacial score (nSPS) is 15.6. The summed E-state index contributed by atoms with van der Waals surface area (Å²) in [5.74, 6) is -3.59. The molecule has 3 aromatic rings. The maximum atomic E-state index is 13.7. The smallest absolute Gasteiger partial charge is 0.332 e. The zero-order valence-electron chi connectivity index (χ0n) is 27.2. The van der Waals surface area contributed by atoms with Crippen LogP contribution in [-0.2, 0) is 54.6 Å². The summed E-state index contributed by atoms with van der Waals surface area (Å²) in [7, 11) is 0. The summed E-state index contributed by atoms with van der Waals surface area (Å²) in [5.41, 5.74) is 3.77. The Morgan fingerprint density at radius 3 is 2.06 bits per heavy atom. The lowest BCUT2D eigenvalue weighted by atomic mass is 9.92. The molecule has 1 heterocycles. The van der Waals surface area contributed by atoms with E-state index in [9.17, 15) is 24.3 Å². The predicted molar refractivity (Wildman–Crippen MR) is 182 cm³/mol. The van der Waals surface area contributed by atoms with Crippen molar-refractivity contribution in [2.24, 2.45) is 11.8 Å². The van der Waals surface area contributed by atoms with Crippen LogP contribution in [0.5, 0.6) is 0 Å². The molecule has 0 aliphatic carbocycles. The van der Waals surface area contributed by atoms with Crippen LogP contribution in [0.2, 0.25) is 0 Å². The summed E-state index contributed by atoms with van der Waals surface area (Å²) in [6.45, 7) is 7.14. The molecule has 9 nitrogen and oxygen atoms in total. The Kier molecular flexibility index (Phi) is 13.7. The second kappa shape index (κ2) is 18.4. The minimum atomic E-state index is -1.32. The third kappa shape index (κ3) is 10.2. The van der Waals surface area contributed by atoms with Crippen molar-refractivity contribution in [3.8, 4) is 0 Å². The lowest BCUT2D eigenvalue weighted by Crippen LogP contribution is -2.50. The topological polar surface area (TPSA) is 122 Å². The van der Waals surface area contributed by atoms with Crippen molar-refractivity contribution >= 4 is 23.8 Å². The lowest BCUT2D eigenvalue weighted by molar-refractivity contribution is -0.157. The molecule has 48 heavy (non-hydrogen) atoms. The maximum Gasteiger partial charge on any atom is 0.332 e. The molecule has 2 N–H and O–H groups in total. The van der Waals surface area contributed by atoms with Gasteiger partial charge in [-0.3, -0.25) is 14.4 Å². The molecule has 0 saturated carbocycles. The number of esters is 2. The molecule has 1 aliphatic heterocycles. The van der Waals surface area contributed by atoms with E-state index in [0.717, 1.165) is 22.3 Å². The molecule has 0 saturated heterocycles. The van der Waals surface area contributed by atoms with Crippen molar-refractivity contribution in [1.82, 2.24) is 10.2 Å². The van der Waals surface area contributed by atoms with Crippen molar-refractivity contribution in [2.75, 3.05) is 13.2 Å². The number of hydrogen-bond donors (Lipinski definition) is 2. The predicted octanol–water partition coefficient (Wildman–Crippen LogP) is 4.72. The Hall–Kier alpha value is -5.02. The van der Waals surface area contributed by atoms with Gasteiger partial charge in [-0.15, -0.1) is 13.2 Å². The van der Waals surface area contributed by atoms with Gasteiger partial charge in [-0.1, -0.05) is 97.1 Å². The number of aliphatic hydroxyl groups is 1. The van der Waals surface area contributed by atoms with Crippen LogP contribution >= 0.6 is 0 Å². The van der Waals surface area contributed by atoms with Crippen molar-refractivity contribution in [3.63, 3.8) is 0 Å². The van der Waals surface area contributed by atoms with E-state index >= 15 is 0 Å². The summed E-state index contributed by atoms with van der Waals surface area (Å²) in [6, 6.07) is 24.6. The monoisotopic (exact) mass is 652 g/mol. The number of hydrogen-bond acceptors (Lipinski definition) is 7. The molecule has 1 aliphatic rings. The lowest BCUT2D eigenvalue weighted by Gasteiger charge is -2.36. The van der Waals surface area contributed by atoms with Gasteiger partial charge in [0.05, 0.1) is 24.5 Å². The van der Waals surface area contributed by atoms with Crippen LogP contribution in [-0.4, -0.2) is 59.1 Å². The second-order valence-corrected chi connectivity index (χ2v) is 12.0. The summed E-state index contributed by atoms with van der Waals surface area (Å²) < 4.78 is 11.1. The molecular formula is C39H44N2O7. The van der Waals surface area contributed by atoms with Crippen LogP contribution in [0.3, 0.4) is 0 Å². The number of aliphatic hydroxyl groups excluding tert-OH is 1. The molecule has 0 spiro atoms. The quantitative estimate of drug-likeness (QED) is 0.160. The summed E-state index contributed by atoms with van der Waals surface area (Å²) >= 11 is 0. The molecule has 4 rings (SSSR count). The molecule has 0 bridgehead atoms. The van der Waals surface area contributed by atoms with E-state index in [1.807, 2.05) is 72.8 Å². The van der Waals surface area contributed by atoms with Gasteiger partial charge >= 0.3 is 11.9 Å². The standard InChI is InChI=1S/C39H44N2O7/c1-3-13-31(23-36(43)41-24-33-20-12-11-19-30(33)22-34(41)25-42)37(44)40-35(39(46)47-26-29-17-9-6-10-18-29)27-48-38(45)32(14-4-2)21-28-15-7-5-8-16-28/h3-12,15-20,31-32,34-35,42H,1-2,13-14,21-27H2,(H,40,44)/t31-,32-,34+,35-/m1/s1. The molecule has 3 aromatic carbocycles. The highest BCUT2D eigenvalue weighted by Gasteiger charge is 2.34. The van der Waals surface area contributed by atoms with Crippen LogP contribution < -0.4 is 5.32 Å². The first kappa shape index (κ1) is 35.8. The van der Waals surface area contributed by atoms with E-state index in [2.05, 4.69) is 18.5 Å². The van der Waals surface area contributed by atoms with Gasteiger partial charge in [0.15, 0.2) is 6.04 Å². The van der Waals surface area contributed by atoms with E-state index in [4.69, 9.17) is 9.47 Å². The number of nitrogens with one attached hydrogen (secondary N) is 1. The summed E-state index contributed by atoms with van der Waals surface area (Å²) in [4.78, 5) is 55.4. The number of fused-ring (bicyclic) bond motifs is 1. The average Bonchev–Trinajstić information content (AvgIpc) is 3.11. The van der Waals surface area contributed by atoms with Crippen LogP contribution in [0, 0.1) is 11.8 Å². The van der Waals surface area contributed by atoms with E-state index in [1.165, 1.54) is 0 Å². The molecule has 0 aromatic heterocycles. The van der Waals surface area contributed by atoms with Crippen molar-refractivity contribution < 1.29 is 33.8 Å². The molecule has 0 unspecified atom stereocenters. The van der Waals surface area contributed by atoms with Gasteiger partial charge in [0.25, 0.3) is 0 Å². The van der Waals surface area contributed by atoms with Crippen LogP contribution in [0.4, 0.5) is 0 Å². The van der Waals surface area contributed by atoms with E-state index in [0.29, 0.717) is 25.8 Å². The number of amides is 2. The number of ether oxygens (including phenoxy) is 2. The largest absolute Gasteiger partial charge is 0.463 e. The Bertz CT molecular complexity index is 1540. The van der Waals surface area contributed by atoms with Gasteiger partial charge in [0.2, 0.25) is 11.8 Å². The van der Waals surface area contributed by atoms with E-state index in [1.54, 1.807) is 29.2 Å². The Morgan fingerprint density at radius 2 is 1.42 bits per heavy atom. The van der Waals surface area contributed by atoms with Gasteiger partial charge in [-0.05, 0) is 47.9 Å². The first-order valence-corrected chi connectivity index (χ1v) is 16.2. The third-order valence-electron chi connectivity index (χ3n) is 8.46. The molecule has 252 valence electrons. The minimum absolute atomic E-state index is 0.0410. The molecule has 4 atom stereocenters. The first-order chi connectivity index (χ1) is 23.3. The van der Waals surface area contributed by atoms with Crippen molar-refractivity contribution in [3.05, 3.63) is 132 Å². The second-order valence-electron chi connectivity index (χ2n) is 12.0. The summed E-state index contributed by atoms with van der Waals surface area (Å²) in [5, 5.41) is 12.8. The highest BCUT2D eigenvalue weighted by atomic mass is 16.6. The average molecular weight is 653 g/mol.